The molecule has 0 aromatic heterocycles. The molecule has 1 heterocycles. The molecule has 7 nitrogen and oxygen atoms in total. The molecule has 1 aliphatic heterocycles. The van der Waals surface area contributed by atoms with Crippen LogP contribution in [-0.2, 0) is 4.79 Å². The number of amides is 3. The number of phenolic OH excluding ortho intramolecular Hbond substituents is 1. The molecule has 3 rings (SSSR count). The lowest BCUT2D eigenvalue weighted by Gasteiger charge is -2.11. The van der Waals surface area contributed by atoms with Crippen LogP contribution in [0.5, 0.6) is 5.75 Å². The molecule has 0 radical (unpaired) electrons. The molecule has 1 saturated heterocycles. The van der Waals surface area contributed by atoms with Crippen molar-refractivity contribution in [3.8, 4) is 5.75 Å². The maximum Gasteiger partial charge on any atom is 0.348 e. The molecule has 3 amide bonds. The minimum atomic E-state index is -0.660. The number of nitrogens with one attached hydrogen (secondary N) is 2. The van der Waals surface area contributed by atoms with Gasteiger partial charge in [0.05, 0.1) is 0 Å². The van der Waals surface area contributed by atoms with Crippen molar-refractivity contribution in [3.63, 3.8) is 0 Å². The zero-order valence-corrected chi connectivity index (χ0v) is 16.4. The van der Waals surface area contributed by atoms with E-state index in [4.69, 9.17) is 11.6 Å². The summed E-state index contributed by atoms with van der Waals surface area (Å²) in [6.45, 7) is 0. The summed E-state index contributed by atoms with van der Waals surface area (Å²) >= 11 is 9.14. The molecule has 0 spiro atoms. The highest BCUT2D eigenvalue weighted by atomic mass is 79.9. The first-order valence-electron chi connectivity index (χ1n) is 7.74. The van der Waals surface area contributed by atoms with E-state index in [0.29, 0.717) is 20.7 Å². The van der Waals surface area contributed by atoms with Gasteiger partial charge in [0, 0.05) is 27.8 Å². The third-order valence-corrected chi connectivity index (χ3v) is 4.43. The minimum Gasteiger partial charge on any atom is -0.507 e. The lowest BCUT2D eigenvalue weighted by Crippen LogP contribution is -2.29. The van der Waals surface area contributed by atoms with Crippen LogP contribution in [0.25, 0.3) is 6.08 Å². The van der Waals surface area contributed by atoms with Gasteiger partial charge in [0.1, 0.15) is 11.4 Å². The zero-order chi connectivity index (χ0) is 19.6. The van der Waals surface area contributed by atoms with Crippen molar-refractivity contribution in [3.05, 3.63) is 63.2 Å². The predicted octanol–water partition coefficient (Wildman–Crippen LogP) is 3.80. The normalized spacial score (nSPS) is 16.7. The lowest BCUT2D eigenvalue weighted by molar-refractivity contribution is -0.115. The largest absolute Gasteiger partial charge is 0.507 e. The van der Waals surface area contributed by atoms with Gasteiger partial charge in [-0.25, -0.2) is 4.79 Å². The molecule has 2 aromatic carbocycles. The molecular formula is C18H14BrClN4O3. The zero-order valence-electron chi connectivity index (χ0n) is 14.0. The van der Waals surface area contributed by atoms with Gasteiger partial charge < -0.3 is 15.3 Å². The fourth-order valence-electron chi connectivity index (χ4n) is 2.38. The second kappa shape index (κ2) is 7.81. The number of guanidine groups is 1. The molecule has 0 atom stereocenters. The first-order valence-corrected chi connectivity index (χ1v) is 8.91. The van der Waals surface area contributed by atoms with Gasteiger partial charge in [-0.3, -0.25) is 10.1 Å². The Balaban J connectivity index is 1.80. The lowest BCUT2D eigenvalue weighted by atomic mass is 10.1. The van der Waals surface area contributed by atoms with Crippen molar-refractivity contribution in [2.24, 2.45) is 4.99 Å². The van der Waals surface area contributed by atoms with E-state index < -0.39 is 11.9 Å². The van der Waals surface area contributed by atoms with Gasteiger partial charge >= 0.3 is 6.03 Å². The third kappa shape index (κ3) is 4.47. The van der Waals surface area contributed by atoms with Crippen molar-refractivity contribution < 1.29 is 14.7 Å². The summed E-state index contributed by atoms with van der Waals surface area (Å²) in [6.07, 6.45) is 1.51. The molecular weight excluding hydrogens is 436 g/mol. The number of anilines is 1. The number of urea groups is 1. The predicted molar refractivity (Wildman–Crippen MR) is 108 cm³/mol. The molecule has 27 heavy (non-hydrogen) atoms. The highest BCUT2D eigenvalue weighted by Gasteiger charge is 2.29. The summed E-state index contributed by atoms with van der Waals surface area (Å²) in [5.74, 6) is -0.348. The minimum absolute atomic E-state index is 0.0159. The van der Waals surface area contributed by atoms with E-state index >= 15 is 0 Å². The Morgan fingerprint density at radius 2 is 2.11 bits per heavy atom. The second-order valence-electron chi connectivity index (χ2n) is 5.62. The van der Waals surface area contributed by atoms with Crippen LogP contribution >= 0.6 is 27.5 Å². The Morgan fingerprint density at radius 3 is 2.81 bits per heavy atom. The van der Waals surface area contributed by atoms with Gasteiger partial charge in [-0.15, -0.1) is 0 Å². The number of benzene rings is 2. The second-order valence-corrected chi connectivity index (χ2v) is 6.97. The number of hydrogen-bond acceptors (Lipinski definition) is 3. The average Bonchev–Trinajstić information content (AvgIpc) is 2.84. The van der Waals surface area contributed by atoms with Crippen LogP contribution in [0.1, 0.15) is 5.56 Å². The summed E-state index contributed by atoms with van der Waals surface area (Å²) in [5.41, 5.74) is 1.18. The number of aromatic hydroxyl groups is 1. The maximum atomic E-state index is 12.2. The maximum absolute atomic E-state index is 12.2. The summed E-state index contributed by atoms with van der Waals surface area (Å²) < 4.78 is 0.714. The number of carbonyl (C=O) groups is 2. The Morgan fingerprint density at radius 1 is 1.33 bits per heavy atom. The van der Waals surface area contributed by atoms with E-state index in [0.717, 1.165) is 0 Å². The van der Waals surface area contributed by atoms with Crippen molar-refractivity contribution in [1.29, 1.82) is 0 Å². The number of aliphatic imine (C=N–C) groups is 1. The average molecular weight is 450 g/mol. The first kappa shape index (κ1) is 18.9. The Hall–Kier alpha value is -2.84. The van der Waals surface area contributed by atoms with Gasteiger partial charge in [0.15, 0.2) is 0 Å². The molecule has 0 unspecified atom stereocenters. The molecule has 138 valence electrons. The molecule has 9 heteroatoms. The summed E-state index contributed by atoms with van der Waals surface area (Å²) in [5, 5.41) is 15.6. The van der Waals surface area contributed by atoms with Gasteiger partial charge in [-0.05, 0) is 36.4 Å². The number of carbonyl (C=O) groups excluding carboxylic acids is 2. The van der Waals surface area contributed by atoms with Crippen molar-refractivity contribution in [2.45, 2.75) is 0 Å². The molecule has 0 bridgehead atoms. The van der Waals surface area contributed by atoms with E-state index in [2.05, 4.69) is 31.6 Å². The third-order valence-electron chi connectivity index (χ3n) is 3.71. The molecule has 0 aliphatic carbocycles. The van der Waals surface area contributed by atoms with E-state index in [1.165, 1.54) is 17.0 Å². The van der Waals surface area contributed by atoms with E-state index in [9.17, 15) is 14.7 Å². The fourth-order valence-corrected chi connectivity index (χ4v) is 2.92. The number of rotatable bonds is 2. The van der Waals surface area contributed by atoms with Gasteiger partial charge in [0.25, 0.3) is 5.91 Å². The topological polar surface area (TPSA) is 94.0 Å². The standard InChI is InChI=1S/C18H14BrClN4O3/c1-24-14(7-10-5-6-11(19)8-15(10)25)16(26)22-17(24)23-18(27)21-13-4-2-3-12(20)9-13/h2-9,25H,1H3,(H2,21,22,23,26,27). The van der Waals surface area contributed by atoms with Crippen LogP contribution in [0, 0.1) is 0 Å². The molecule has 1 fully saturated rings. The van der Waals surface area contributed by atoms with Crippen LogP contribution in [0.2, 0.25) is 5.02 Å². The quantitative estimate of drug-likeness (QED) is 0.608. The Labute approximate surface area is 168 Å². The van der Waals surface area contributed by atoms with Crippen LogP contribution < -0.4 is 10.6 Å². The fraction of sp³-hybridized carbons (Fsp3) is 0.0556. The highest BCUT2D eigenvalue weighted by Crippen LogP contribution is 2.26. The van der Waals surface area contributed by atoms with Crippen LogP contribution in [0.15, 0.2) is 57.6 Å². The van der Waals surface area contributed by atoms with Crippen LogP contribution in [0.3, 0.4) is 0 Å². The van der Waals surface area contributed by atoms with Gasteiger partial charge in [-0.1, -0.05) is 39.7 Å². The number of likely N-dealkylation sites (N-methyl/N-ethyl adjacent to an activating group) is 1. The summed E-state index contributed by atoms with van der Waals surface area (Å²) in [4.78, 5) is 29.6. The van der Waals surface area contributed by atoms with Gasteiger partial charge in [-0.2, -0.15) is 4.99 Å². The number of phenols is 1. The summed E-state index contributed by atoms with van der Waals surface area (Å²) in [6, 6.07) is 10.9. The number of hydrogen-bond donors (Lipinski definition) is 3. The summed E-state index contributed by atoms with van der Waals surface area (Å²) in [7, 11) is 1.59. The highest BCUT2D eigenvalue weighted by molar-refractivity contribution is 9.10. The van der Waals surface area contributed by atoms with Gasteiger partial charge in [0.2, 0.25) is 5.96 Å². The monoisotopic (exact) mass is 448 g/mol. The Bertz CT molecular complexity index is 990. The Kier molecular flexibility index (Phi) is 5.48. The van der Waals surface area contributed by atoms with Crippen LogP contribution in [0.4, 0.5) is 10.5 Å². The van der Waals surface area contributed by atoms with E-state index in [1.54, 1.807) is 43.4 Å². The van der Waals surface area contributed by atoms with Crippen molar-refractivity contribution in [1.82, 2.24) is 10.2 Å². The first-order chi connectivity index (χ1) is 12.8. The molecule has 1 aliphatic rings. The molecule has 0 saturated carbocycles. The van der Waals surface area contributed by atoms with Crippen LogP contribution in [-0.4, -0.2) is 35.0 Å². The molecule has 3 N–H and O–H groups in total. The van der Waals surface area contributed by atoms with Crippen molar-refractivity contribution in [2.75, 3.05) is 12.4 Å². The smallest absolute Gasteiger partial charge is 0.348 e. The molecule has 2 aromatic rings. The SMILES string of the molecule is CN1C(=Cc2ccc(Br)cc2O)C(=O)NC1=NC(=O)Nc1cccc(Cl)c1. The van der Waals surface area contributed by atoms with E-state index in [1.807, 2.05) is 0 Å². The van der Waals surface area contributed by atoms with E-state index in [-0.39, 0.29) is 17.4 Å². The number of halogens is 2. The number of nitrogens with zero attached hydrogens (tertiary/aromatic N) is 2. The van der Waals surface area contributed by atoms with Crippen molar-refractivity contribution >= 4 is 57.2 Å².